The van der Waals surface area contributed by atoms with Gasteiger partial charge in [-0.05, 0) is 81.5 Å². The van der Waals surface area contributed by atoms with Crippen LogP contribution in [-0.2, 0) is 5.41 Å². The Morgan fingerprint density at radius 1 is 0.542 bits per heavy atom. The Kier molecular flexibility index (Phi) is 5.44. The molecule has 48 heavy (non-hydrogen) atoms. The lowest BCUT2D eigenvalue weighted by atomic mass is 9.42. The van der Waals surface area contributed by atoms with Gasteiger partial charge in [-0.1, -0.05) is 128 Å². The molecule has 0 aromatic heterocycles. The highest BCUT2D eigenvalue weighted by Crippen LogP contribution is 2.58. The average Bonchev–Trinajstić information content (AvgIpc) is 3.13. The molecule has 7 aromatic carbocycles. The van der Waals surface area contributed by atoms with Crippen molar-refractivity contribution in [1.29, 1.82) is 0 Å². The van der Waals surface area contributed by atoms with E-state index in [2.05, 4.69) is 163 Å². The average molecular weight is 649 g/mol. The van der Waals surface area contributed by atoms with Crippen molar-refractivity contribution in [3.63, 3.8) is 0 Å². The summed E-state index contributed by atoms with van der Waals surface area (Å²) in [7, 11) is 0. The first-order valence-electron chi connectivity index (χ1n) is 16.6. The molecule has 0 saturated carbocycles. The third-order valence-electron chi connectivity index (χ3n) is 10.8. The van der Waals surface area contributed by atoms with Gasteiger partial charge in [0.05, 0.1) is 11.4 Å². The van der Waals surface area contributed by atoms with E-state index in [1.165, 1.54) is 92.0 Å². The molecule has 4 aliphatic heterocycles. The summed E-state index contributed by atoms with van der Waals surface area (Å²) in [6.45, 7) is 4.80. The molecule has 4 aliphatic rings. The topological polar surface area (TPSA) is 6.48 Å². The minimum atomic E-state index is -0.145. The summed E-state index contributed by atoms with van der Waals surface area (Å²) in [5.41, 5.74) is 14.4. The van der Waals surface area contributed by atoms with Crippen LogP contribution >= 0.6 is 23.5 Å². The normalized spacial score (nSPS) is 15.6. The summed E-state index contributed by atoms with van der Waals surface area (Å²) in [5, 5.41) is 2.57. The zero-order chi connectivity index (χ0) is 31.7. The van der Waals surface area contributed by atoms with Crippen LogP contribution in [0.1, 0.15) is 25.0 Å². The van der Waals surface area contributed by atoms with Gasteiger partial charge in [0, 0.05) is 53.0 Å². The van der Waals surface area contributed by atoms with E-state index in [1.54, 1.807) is 0 Å². The van der Waals surface area contributed by atoms with Gasteiger partial charge in [-0.15, -0.1) is 0 Å². The third kappa shape index (κ3) is 3.48. The lowest BCUT2D eigenvalue weighted by Crippen LogP contribution is -2.62. The Morgan fingerprint density at radius 2 is 1.23 bits per heavy atom. The van der Waals surface area contributed by atoms with Crippen molar-refractivity contribution in [1.82, 2.24) is 0 Å². The van der Waals surface area contributed by atoms with Gasteiger partial charge >= 0.3 is 6.85 Å². The maximum atomic E-state index is 2.64. The Labute approximate surface area is 289 Å². The van der Waals surface area contributed by atoms with Crippen LogP contribution in [0.4, 0.5) is 28.4 Å². The Balaban J connectivity index is 1.30. The van der Waals surface area contributed by atoms with Crippen molar-refractivity contribution in [2.24, 2.45) is 0 Å². The zero-order valence-corrected chi connectivity index (χ0v) is 28.2. The van der Waals surface area contributed by atoms with Crippen LogP contribution in [0.2, 0.25) is 0 Å². The van der Waals surface area contributed by atoms with Gasteiger partial charge < -0.3 is 9.71 Å². The van der Waals surface area contributed by atoms with E-state index in [0.29, 0.717) is 0 Å². The molecule has 7 aromatic rings. The molecule has 2 nitrogen and oxygen atoms in total. The first-order valence-corrected chi connectivity index (χ1v) is 18.3. The van der Waals surface area contributed by atoms with Crippen LogP contribution in [-0.4, -0.2) is 6.85 Å². The van der Waals surface area contributed by atoms with Gasteiger partial charge in [-0.3, -0.25) is 0 Å². The monoisotopic (exact) mass is 648 g/mol. The molecule has 11 rings (SSSR count). The van der Waals surface area contributed by atoms with E-state index in [4.69, 9.17) is 0 Å². The smallest absolute Gasteiger partial charge is 0.333 e. The second-order valence-corrected chi connectivity index (χ2v) is 15.9. The van der Waals surface area contributed by atoms with Crippen molar-refractivity contribution in [3.8, 4) is 11.1 Å². The lowest BCUT2D eigenvalue weighted by molar-refractivity contribution is 0.632. The van der Waals surface area contributed by atoms with Gasteiger partial charge in [0.25, 0.3) is 0 Å². The van der Waals surface area contributed by atoms with Crippen molar-refractivity contribution in [2.75, 3.05) is 9.71 Å². The van der Waals surface area contributed by atoms with Crippen LogP contribution < -0.4 is 20.6 Å². The molecule has 0 fully saturated rings. The van der Waals surface area contributed by atoms with Gasteiger partial charge in [-0.2, -0.15) is 0 Å². The third-order valence-corrected chi connectivity index (χ3v) is 13.4. The van der Waals surface area contributed by atoms with E-state index in [-0.39, 0.29) is 12.3 Å². The molecule has 0 unspecified atom stereocenters. The fourth-order valence-electron chi connectivity index (χ4n) is 8.73. The van der Waals surface area contributed by atoms with Gasteiger partial charge in [-0.25, -0.2) is 0 Å². The Bertz CT molecular complexity index is 2520. The number of benzene rings is 7. The fourth-order valence-corrected chi connectivity index (χ4v) is 11.0. The fraction of sp³-hybridized carbons (Fsp3) is 0.0698. The molecule has 0 aliphatic carbocycles. The van der Waals surface area contributed by atoms with E-state index in [1.807, 2.05) is 23.5 Å². The molecule has 0 N–H and O–H groups in total. The van der Waals surface area contributed by atoms with E-state index in [9.17, 15) is 0 Å². The van der Waals surface area contributed by atoms with Crippen LogP contribution in [0, 0.1) is 0 Å². The largest absolute Gasteiger partial charge is 0.376 e. The van der Waals surface area contributed by atoms with Crippen LogP contribution in [0.25, 0.3) is 21.9 Å². The minimum Gasteiger partial charge on any atom is -0.376 e. The molecule has 0 amide bonds. The Hall–Kier alpha value is -4.84. The van der Waals surface area contributed by atoms with Gasteiger partial charge in [0.15, 0.2) is 0 Å². The number of nitrogens with zero attached hydrogens (tertiary/aromatic N) is 2. The number of fused-ring (bicyclic) bond motifs is 10. The summed E-state index contributed by atoms with van der Waals surface area (Å²) in [6.07, 6.45) is 0. The van der Waals surface area contributed by atoms with Crippen LogP contribution in [0.5, 0.6) is 0 Å². The maximum absolute atomic E-state index is 2.64. The predicted octanol–water partition coefficient (Wildman–Crippen LogP) is 10.8. The van der Waals surface area contributed by atoms with E-state index >= 15 is 0 Å². The second kappa shape index (κ2) is 9.62. The van der Waals surface area contributed by atoms with Crippen molar-refractivity contribution >= 4 is 80.5 Å². The lowest BCUT2D eigenvalue weighted by Gasteiger charge is -2.50. The number of para-hydroxylation sites is 3. The molecule has 5 heteroatoms. The van der Waals surface area contributed by atoms with Crippen molar-refractivity contribution < 1.29 is 0 Å². The first kappa shape index (κ1) is 27.2. The molecule has 0 radical (unpaired) electrons. The SMILES string of the molecule is CC1(C)c2ccccc2N2c3c(cccc31)B1c3c(cc4ccccc4c32)-c2cc3c(cc2N1c1ccccc1)Sc1ccccc1S3. The highest BCUT2D eigenvalue weighted by Gasteiger charge is 2.50. The second-order valence-electron chi connectivity index (χ2n) is 13.7. The summed E-state index contributed by atoms with van der Waals surface area (Å²) in [4.78, 5) is 10.6. The molecule has 0 saturated heterocycles. The number of hydrogen-bond donors (Lipinski definition) is 0. The summed E-state index contributed by atoms with van der Waals surface area (Å²) < 4.78 is 0. The zero-order valence-electron chi connectivity index (χ0n) is 26.6. The number of rotatable bonds is 1. The minimum absolute atomic E-state index is 0.00773. The first-order chi connectivity index (χ1) is 23.6. The van der Waals surface area contributed by atoms with E-state index < -0.39 is 0 Å². The summed E-state index contributed by atoms with van der Waals surface area (Å²) in [5.74, 6) is 0. The summed E-state index contributed by atoms with van der Waals surface area (Å²) in [6, 6.07) is 52.4. The number of anilines is 5. The van der Waals surface area contributed by atoms with Crippen LogP contribution in [0.15, 0.2) is 159 Å². The standard InChI is InChI=1S/C43H29BN2S2/c1-43(2)31-17-8-9-20-34(31)45-41-28-16-7-6-13-26(28)23-30-29-24-38-39(48-37-22-11-10-21-36(37)47-38)25-35(29)46(27-14-4-3-5-15-27)44(40(30)41)33-19-12-18-32(43)42(33)45/h3-25H,1-2H3. The maximum Gasteiger partial charge on any atom is 0.333 e. The van der Waals surface area contributed by atoms with Gasteiger partial charge in [0.1, 0.15) is 0 Å². The molecule has 226 valence electrons. The van der Waals surface area contributed by atoms with E-state index in [0.717, 1.165) is 0 Å². The predicted molar refractivity (Wildman–Crippen MR) is 204 cm³/mol. The molecular formula is C43H29BN2S2. The molecule has 4 heterocycles. The highest BCUT2D eigenvalue weighted by atomic mass is 32.2. The number of hydrogen-bond acceptors (Lipinski definition) is 4. The van der Waals surface area contributed by atoms with Crippen molar-refractivity contribution in [3.05, 3.63) is 151 Å². The molecular weight excluding hydrogens is 619 g/mol. The molecule has 0 spiro atoms. The highest BCUT2D eigenvalue weighted by molar-refractivity contribution is 8.05. The molecule has 0 bridgehead atoms. The Morgan fingerprint density at radius 3 is 2.06 bits per heavy atom. The van der Waals surface area contributed by atoms with Gasteiger partial charge in [0.2, 0.25) is 0 Å². The van der Waals surface area contributed by atoms with Crippen molar-refractivity contribution in [2.45, 2.75) is 38.8 Å². The molecule has 0 atom stereocenters. The summed E-state index contributed by atoms with van der Waals surface area (Å²) >= 11 is 3.80. The quantitative estimate of drug-likeness (QED) is 0.163. The van der Waals surface area contributed by atoms with Crippen LogP contribution in [0.3, 0.4) is 0 Å².